The molecule has 11 heteroatoms. The van der Waals surface area contributed by atoms with Gasteiger partial charge in [-0.05, 0) is 42.7 Å². The minimum atomic E-state index is -3.94. The third-order valence-corrected chi connectivity index (χ3v) is 7.83. The molecule has 0 radical (unpaired) electrons. The molecule has 0 spiro atoms. The zero-order valence-corrected chi connectivity index (χ0v) is 19.6. The van der Waals surface area contributed by atoms with Crippen molar-refractivity contribution in [1.82, 2.24) is 28.9 Å². The predicted octanol–water partition coefficient (Wildman–Crippen LogP) is 1.32. The fraction of sp³-hybridized carbons (Fsp3) is 0.545. The quantitative estimate of drug-likeness (QED) is 0.617. The van der Waals surface area contributed by atoms with Crippen LogP contribution in [0.4, 0.5) is 0 Å². The molecule has 1 N–H and O–H groups in total. The van der Waals surface area contributed by atoms with Gasteiger partial charge < -0.3 is 4.90 Å². The molecule has 10 nitrogen and oxygen atoms in total. The van der Waals surface area contributed by atoms with Crippen LogP contribution in [-0.2, 0) is 28.0 Å². The van der Waals surface area contributed by atoms with Gasteiger partial charge in [0.2, 0.25) is 5.91 Å². The molecule has 0 bridgehead atoms. The first-order valence-electron chi connectivity index (χ1n) is 11.5. The van der Waals surface area contributed by atoms with E-state index < -0.39 is 16.1 Å². The van der Waals surface area contributed by atoms with Gasteiger partial charge in [0.05, 0.1) is 6.20 Å². The Morgan fingerprint density at radius 2 is 1.91 bits per heavy atom. The maximum absolute atomic E-state index is 12.7. The number of carbonyl (C=O) groups is 2. The van der Waals surface area contributed by atoms with Gasteiger partial charge in [0.15, 0.2) is 5.69 Å². The molecule has 1 aromatic carbocycles. The van der Waals surface area contributed by atoms with E-state index in [1.54, 1.807) is 15.8 Å². The van der Waals surface area contributed by atoms with Crippen molar-refractivity contribution in [2.24, 2.45) is 0 Å². The normalized spacial score (nSPS) is 18.8. The minimum absolute atomic E-state index is 0.119. The number of benzene rings is 1. The zero-order chi connectivity index (χ0) is 23.4. The van der Waals surface area contributed by atoms with E-state index in [2.05, 4.69) is 27.2 Å². The van der Waals surface area contributed by atoms with Crippen molar-refractivity contribution in [2.45, 2.75) is 51.5 Å². The molecule has 2 heterocycles. The Balaban J connectivity index is 1.25. The third kappa shape index (κ3) is 5.41. The van der Waals surface area contributed by atoms with E-state index in [-0.39, 0.29) is 44.2 Å². The lowest BCUT2D eigenvalue weighted by molar-refractivity contribution is -0.119. The van der Waals surface area contributed by atoms with Gasteiger partial charge in [0.1, 0.15) is 0 Å². The number of nitrogens with one attached hydrogen (secondary N) is 1. The number of carbonyl (C=O) groups excluding carboxylic acids is 2. The van der Waals surface area contributed by atoms with Crippen LogP contribution >= 0.6 is 0 Å². The Bertz CT molecular complexity index is 1110. The number of hydrogen-bond donors (Lipinski definition) is 1. The van der Waals surface area contributed by atoms with E-state index in [1.807, 2.05) is 19.1 Å². The van der Waals surface area contributed by atoms with E-state index in [4.69, 9.17) is 0 Å². The number of aryl methyl sites for hydroxylation is 2. The first-order valence-corrected chi connectivity index (χ1v) is 12.9. The van der Waals surface area contributed by atoms with Crippen molar-refractivity contribution in [3.05, 3.63) is 47.3 Å². The molecule has 4 rings (SSSR count). The van der Waals surface area contributed by atoms with Gasteiger partial charge in [-0.3, -0.25) is 14.3 Å². The van der Waals surface area contributed by atoms with Gasteiger partial charge in [0, 0.05) is 39.1 Å². The molecule has 1 aliphatic carbocycles. The largest absolute Gasteiger partial charge is 0.335 e. The monoisotopic (exact) mass is 474 g/mol. The highest BCUT2D eigenvalue weighted by Crippen LogP contribution is 2.35. The number of hydrogen-bond acceptors (Lipinski definition) is 6. The highest BCUT2D eigenvalue weighted by atomic mass is 32.2. The van der Waals surface area contributed by atoms with Crippen molar-refractivity contribution in [2.75, 3.05) is 26.2 Å². The van der Waals surface area contributed by atoms with Crippen molar-refractivity contribution < 1.29 is 18.0 Å². The lowest BCUT2D eigenvalue weighted by atomic mass is 9.96. The topological polar surface area (TPSA) is 118 Å². The summed E-state index contributed by atoms with van der Waals surface area (Å²) in [4.78, 5) is 26.6. The lowest BCUT2D eigenvalue weighted by Gasteiger charge is -2.33. The van der Waals surface area contributed by atoms with E-state index in [0.29, 0.717) is 18.9 Å². The molecular weight excluding hydrogens is 444 g/mol. The van der Waals surface area contributed by atoms with Crippen LogP contribution in [0.1, 0.15) is 60.1 Å². The first kappa shape index (κ1) is 23.4. The van der Waals surface area contributed by atoms with Crippen LogP contribution in [0.2, 0.25) is 0 Å². The number of nitrogens with zero attached hydrogens (tertiary/aromatic N) is 5. The third-order valence-electron chi connectivity index (χ3n) is 6.30. The van der Waals surface area contributed by atoms with Gasteiger partial charge >= 0.3 is 10.2 Å². The zero-order valence-electron chi connectivity index (χ0n) is 18.8. The maximum Gasteiger partial charge on any atom is 0.303 e. The van der Waals surface area contributed by atoms with E-state index in [9.17, 15) is 18.0 Å². The minimum Gasteiger partial charge on any atom is -0.335 e. The average Bonchev–Trinajstić information content (AvgIpc) is 3.44. The van der Waals surface area contributed by atoms with Crippen LogP contribution in [0.3, 0.4) is 0 Å². The SMILES string of the molecule is CCCn1cc(C(=O)N2CCN(S(=O)(=O)NC(=O)CCC3CCc4ccccc43)CC2)nn1. The smallest absolute Gasteiger partial charge is 0.303 e. The number of piperazine rings is 1. The lowest BCUT2D eigenvalue weighted by Crippen LogP contribution is -2.54. The van der Waals surface area contributed by atoms with Gasteiger partial charge in [-0.2, -0.15) is 12.7 Å². The fourth-order valence-corrected chi connectivity index (χ4v) is 5.70. The summed E-state index contributed by atoms with van der Waals surface area (Å²) in [6.45, 7) is 3.39. The van der Waals surface area contributed by atoms with Crippen LogP contribution < -0.4 is 4.72 Å². The summed E-state index contributed by atoms with van der Waals surface area (Å²) in [5, 5.41) is 7.85. The van der Waals surface area contributed by atoms with Gasteiger partial charge in [-0.1, -0.05) is 36.4 Å². The Morgan fingerprint density at radius 1 is 1.15 bits per heavy atom. The molecule has 1 fully saturated rings. The summed E-state index contributed by atoms with van der Waals surface area (Å²) < 4.78 is 30.4. The molecule has 178 valence electrons. The maximum atomic E-state index is 12.7. The molecule has 1 atom stereocenters. The average molecular weight is 475 g/mol. The van der Waals surface area contributed by atoms with E-state index >= 15 is 0 Å². The van der Waals surface area contributed by atoms with Crippen LogP contribution in [0.15, 0.2) is 30.5 Å². The molecular formula is C22H30N6O4S. The summed E-state index contributed by atoms with van der Waals surface area (Å²) in [7, 11) is -3.94. The van der Waals surface area contributed by atoms with Crippen molar-refractivity contribution >= 4 is 22.0 Å². The number of fused-ring (bicyclic) bond motifs is 1. The highest BCUT2D eigenvalue weighted by molar-refractivity contribution is 7.87. The second-order valence-corrected chi connectivity index (χ2v) is 10.2. The van der Waals surface area contributed by atoms with Crippen LogP contribution in [0.25, 0.3) is 0 Å². The first-order chi connectivity index (χ1) is 15.9. The molecule has 33 heavy (non-hydrogen) atoms. The summed E-state index contributed by atoms with van der Waals surface area (Å²) in [5.41, 5.74) is 2.83. The van der Waals surface area contributed by atoms with Crippen LogP contribution in [-0.4, -0.2) is 70.6 Å². The summed E-state index contributed by atoms with van der Waals surface area (Å²) in [6, 6.07) is 8.22. The molecule has 2 aromatic rings. The second kappa shape index (κ2) is 10.0. The van der Waals surface area contributed by atoms with Crippen molar-refractivity contribution in [1.29, 1.82) is 0 Å². The molecule has 2 aliphatic rings. The van der Waals surface area contributed by atoms with Crippen molar-refractivity contribution in [3.8, 4) is 0 Å². The highest BCUT2D eigenvalue weighted by Gasteiger charge is 2.31. The molecule has 0 saturated carbocycles. The van der Waals surface area contributed by atoms with Gasteiger partial charge in [-0.25, -0.2) is 4.72 Å². The Labute approximate surface area is 194 Å². The van der Waals surface area contributed by atoms with Crippen LogP contribution in [0.5, 0.6) is 0 Å². The summed E-state index contributed by atoms with van der Waals surface area (Å²) in [6.07, 6.45) is 5.26. The Morgan fingerprint density at radius 3 is 2.67 bits per heavy atom. The number of rotatable bonds is 8. The molecule has 1 saturated heterocycles. The Kier molecular flexibility index (Phi) is 7.08. The molecule has 1 aromatic heterocycles. The van der Waals surface area contributed by atoms with E-state index in [0.717, 1.165) is 19.3 Å². The molecule has 2 amide bonds. The second-order valence-electron chi connectivity index (χ2n) is 8.56. The molecule has 1 unspecified atom stereocenters. The van der Waals surface area contributed by atoms with Gasteiger partial charge in [-0.15, -0.1) is 5.10 Å². The number of amides is 2. The summed E-state index contributed by atoms with van der Waals surface area (Å²) in [5.74, 6) is -0.472. The Hall–Kier alpha value is -2.79. The fourth-order valence-electron chi connectivity index (χ4n) is 4.54. The predicted molar refractivity (Wildman–Crippen MR) is 122 cm³/mol. The van der Waals surface area contributed by atoms with Gasteiger partial charge in [0.25, 0.3) is 5.91 Å². The summed E-state index contributed by atoms with van der Waals surface area (Å²) >= 11 is 0. The number of aromatic nitrogens is 3. The van der Waals surface area contributed by atoms with E-state index in [1.165, 1.54) is 15.4 Å². The molecule has 1 aliphatic heterocycles. The standard InChI is InChI=1S/C22H30N6O4S/c1-2-11-27-16-20(23-25-27)22(30)26-12-14-28(15-13-26)33(31,32)24-21(29)10-9-18-8-7-17-5-3-4-6-19(17)18/h3-6,16,18H,2,7-15H2,1H3,(H,24,29). The van der Waals surface area contributed by atoms with Crippen molar-refractivity contribution in [3.63, 3.8) is 0 Å². The van der Waals surface area contributed by atoms with Crippen LogP contribution in [0, 0.1) is 0 Å².